The number of halogens is 1. The van der Waals surface area contributed by atoms with Crippen LogP contribution < -0.4 is 5.32 Å². The lowest BCUT2D eigenvalue weighted by atomic mass is 10.1. The molecule has 0 spiro atoms. The van der Waals surface area contributed by atoms with Gasteiger partial charge in [0.1, 0.15) is 0 Å². The smallest absolute Gasteiger partial charge is 0.337 e. The molecule has 1 aliphatic heterocycles. The van der Waals surface area contributed by atoms with E-state index in [0.717, 1.165) is 19.4 Å². The van der Waals surface area contributed by atoms with Crippen molar-refractivity contribution in [3.05, 3.63) is 28.8 Å². The molecule has 98 valence electrons. The van der Waals surface area contributed by atoms with Crippen LogP contribution in [0.5, 0.6) is 0 Å². The maximum absolute atomic E-state index is 11.1. The summed E-state index contributed by atoms with van der Waals surface area (Å²) in [4.78, 5) is 11.1. The summed E-state index contributed by atoms with van der Waals surface area (Å²) in [5.41, 5.74) is 0.777. The number of benzene rings is 1. The molecule has 1 saturated heterocycles. The fraction of sp³-hybridized carbons (Fsp3) is 0.462. The van der Waals surface area contributed by atoms with Gasteiger partial charge in [0.15, 0.2) is 0 Å². The summed E-state index contributed by atoms with van der Waals surface area (Å²) in [5.74, 6) is -0.982. The molecule has 1 heterocycles. The van der Waals surface area contributed by atoms with Crippen LogP contribution in [0.2, 0.25) is 5.02 Å². The monoisotopic (exact) mass is 269 g/mol. The zero-order valence-electron chi connectivity index (χ0n) is 9.99. The van der Waals surface area contributed by atoms with Crippen LogP contribution in [0, 0.1) is 0 Å². The first kappa shape index (κ1) is 13.2. The van der Waals surface area contributed by atoms with E-state index in [1.807, 2.05) is 0 Å². The summed E-state index contributed by atoms with van der Waals surface area (Å²) in [7, 11) is 0. The summed E-state index contributed by atoms with van der Waals surface area (Å²) in [6.45, 7) is 1.42. The highest BCUT2D eigenvalue weighted by Gasteiger charge is 2.15. The van der Waals surface area contributed by atoms with Gasteiger partial charge in [0.05, 0.1) is 11.7 Å². The van der Waals surface area contributed by atoms with Gasteiger partial charge in [0.25, 0.3) is 0 Å². The average molecular weight is 270 g/mol. The van der Waals surface area contributed by atoms with Gasteiger partial charge in [-0.3, -0.25) is 0 Å². The van der Waals surface area contributed by atoms with Gasteiger partial charge in [0.2, 0.25) is 0 Å². The fourth-order valence-corrected chi connectivity index (χ4v) is 2.21. The Balaban J connectivity index is 2.01. The van der Waals surface area contributed by atoms with Crippen molar-refractivity contribution >= 4 is 23.3 Å². The lowest BCUT2D eigenvalue weighted by Crippen LogP contribution is -2.27. The van der Waals surface area contributed by atoms with Crippen molar-refractivity contribution in [1.29, 1.82) is 0 Å². The summed E-state index contributed by atoms with van der Waals surface area (Å²) in [5, 5.41) is 12.6. The predicted molar refractivity (Wildman–Crippen MR) is 70.5 cm³/mol. The van der Waals surface area contributed by atoms with Gasteiger partial charge in [0, 0.05) is 23.9 Å². The van der Waals surface area contributed by atoms with Crippen molar-refractivity contribution in [3.63, 3.8) is 0 Å². The van der Waals surface area contributed by atoms with Gasteiger partial charge in [-0.05, 0) is 37.5 Å². The van der Waals surface area contributed by atoms with Gasteiger partial charge >= 0.3 is 5.97 Å². The molecule has 0 aliphatic carbocycles. The zero-order valence-corrected chi connectivity index (χ0v) is 10.7. The molecule has 1 fully saturated rings. The van der Waals surface area contributed by atoms with Crippen molar-refractivity contribution in [2.24, 2.45) is 0 Å². The van der Waals surface area contributed by atoms with E-state index in [1.165, 1.54) is 12.5 Å². The summed E-state index contributed by atoms with van der Waals surface area (Å²) in [6.07, 6.45) is 3.45. The highest BCUT2D eigenvalue weighted by molar-refractivity contribution is 6.31. The molecule has 0 amide bonds. The van der Waals surface area contributed by atoms with Crippen LogP contribution in [0.3, 0.4) is 0 Å². The first-order valence-corrected chi connectivity index (χ1v) is 6.43. The maximum atomic E-state index is 11.1. The number of rotatable bonds is 4. The van der Waals surface area contributed by atoms with Gasteiger partial charge in [-0.25, -0.2) is 4.79 Å². The highest BCUT2D eigenvalue weighted by atomic mass is 35.5. The summed E-state index contributed by atoms with van der Waals surface area (Å²) in [6, 6.07) is 4.82. The van der Waals surface area contributed by atoms with E-state index in [2.05, 4.69) is 5.32 Å². The van der Waals surface area contributed by atoms with Crippen LogP contribution in [0.25, 0.3) is 0 Å². The second-order valence-corrected chi connectivity index (χ2v) is 4.80. The third kappa shape index (κ3) is 3.37. The van der Waals surface area contributed by atoms with Crippen LogP contribution >= 0.6 is 11.6 Å². The molecule has 0 radical (unpaired) electrons. The van der Waals surface area contributed by atoms with Gasteiger partial charge in [-0.2, -0.15) is 0 Å². The Hall–Kier alpha value is -1.26. The molecular weight excluding hydrogens is 254 g/mol. The number of nitrogens with one attached hydrogen (secondary N) is 1. The number of aromatic carboxylic acids is 1. The molecule has 1 aromatic rings. The van der Waals surface area contributed by atoms with E-state index >= 15 is 0 Å². The Kier molecular flexibility index (Phi) is 4.44. The van der Waals surface area contributed by atoms with Crippen molar-refractivity contribution < 1.29 is 14.6 Å². The summed E-state index contributed by atoms with van der Waals surface area (Å²) >= 11 is 5.79. The fourth-order valence-electron chi connectivity index (χ4n) is 2.04. The quantitative estimate of drug-likeness (QED) is 0.882. The van der Waals surface area contributed by atoms with E-state index in [9.17, 15) is 4.79 Å². The predicted octanol–water partition coefficient (Wildman–Crippen LogP) is 3.02. The largest absolute Gasteiger partial charge is 0.478 e. The Labute approximate surface area is 111 Å². The van der Waals surface area contributed by atoms with Crippen molar-refractivity contribution in [3.8, 4) is 0 Å². The second-order valence-electron chi connectivity index (χ2n) is 4.36. The Morgan fingerprint density at radius 1 is 1.50 bits per heavy atom. The standard InChI is InChI=1S/C13H16ClNO3/c14-9-4-5-12(11(7-9)13(16)17)15-8-10-3-1-2-6-18-10/h4-5,7,10,15H,1-3,6,8H2,(H,16,17). The van der Waals surface area contributed by atoms with E-state index in [4.69, 9.17) is 21.4 Å². The van der Waals surface area contributed by atoms with Crippen LogP contribution in [-0.4, -0.2) is 30.3 Å². The zero-order chi connectivity index (χ0) is 13.0. The van der Waals surface area contributed by atoms with Crippen LogP contribution in [0.1, 0.15) is 29.6 Å². The molecule has 0 bridgehead atoms. The van der Waals surface area contributed by atoms with Crippen LogP contribution in [0.15, 0.2) is 18.2 Å². The number of carbonyl (C=O) groups is 1. The van der Waals surface area contributed by atoms with E-state index in [1.54, 1.807) is 12.1 Å². The molecule has 1 aliphatic rings. The number of ether oxygens (including phenoxy) is 1. The number of anilines is 1. The number of hydrogen-bond acceptors (Lipinski definition) is 3. The minimum absolute atomic E-state index is 0.163. The Morgan fingerprint density at radius 3 is 3.00 bits per heavy atom. The average Bonchev–Trinajstić information content (AvgIpc) is 2.38. The molecule has 1 atom stereocenters. The minimum atomic E-state index is -0.982. The van der Waals surface area contributed by atoms with Crippen molar-refractivity contribution in [1.82, 2.24) is 0 Å². The molecule has 0 aromatic heterocycles. The molecule has 0 saturated carbocycles. The van der Waals surface area contributed by atoms with E-state index < -0.39 is 5.97 Å². The third-order valence-electron chi connectivity index (χ3n) is 3.01. The molecule has 18 heavy (non-hydrogen) atoms. The number of hydrogen-bond donors (Lipinski definition) is 2. The molecule has 1 aromatic carbocycles. The van der Waals surface area contributed by atoms with Gasteiger partial charge < -0.3 is 15.2 Å². The highest BCUT2D eigenvalue weighted by Crippen LogP contribution is 2.21. The van der Waals surface area contributed by atoms with Gasteiger partial charge in [-0.1, -0.05) is 11.6 Å². The lowest BCUT2D eigenvalue weighted by Gasteiger charge is -2.23. The lowest BCUT2D eigenvalue weighted by molar-refractivity contribution is 0.0247. The van der Waals surface area contributed by atoms with E-state index in [-0.39, 0.29) is 11.7 Å². The Morgan fingerprint density at radius 2 is 2.33 bits per heavy atom. The molecular formula is C13H16ClNO3. The number of carboxylic acids is 1. The number of carboxylic acid groups (broad SMARTS) is 1. The first-order valence-electron chi connectivity index (χ1n) is 6.05. The molecule has 4 nitrogen and oxygen atoms in total. The van der Waals surface area contributed by atoms with Crippen molar-refractivity contribution in [2.75, 3.05) is 18.5 Å². The van der Waals surface area contributed by atoms with E-state index in [0.29, 0.717) is 17.3 Å². The normalized spacial score (nSPS) is 19.5. The molecule has 2 N–H and O–H groups in total. The summed E-state index contributed by atoms with van der Waals surface area (Å²) < 4.78 is 5.59. The van der Waals surface area contributed by atoms with Crippen LogP contribution in [0.4, 0.5) is 5.69 Å². The maximum Gasteiger partial charge on any atom is 0.337 e. The van der Waals surface area contributed by atoms with Crippen LogP contribution in [-0.2, 0) is 4.74 Å². The Bertz CT molecular complexity index is 430. The molecule has 1 unspecified atom stereocenters. The SMILES string of the molecule is O=C(O)c1cc(Cl)ccc1NCC1CCCCO1. The van der Waals surface area contributed by atoms with Gasteiger partial charge in [-0.15, -0.1) is 0 Å². The minimum Gasteiger partial charge on any atom is -0.478 e. The molecule has 2 rings (SSSR count). The molecule has 5 heteroatoms. The topological polar surface area (TPSA) is 58.6 Å². The second kappa shape index (κ2) is 6.07. The first-order chi connectivity index (χ1) is 8.66. The van der Waals surface area contributed by atoms with Crippen molar-refractivity contribution in [2.45, 2.75) is 25.4 Å². The third-order valence-corrected chi connectivity index (χ3v) is 3.24.